The van der Waals surface area contributed by atoms with E-state index >= 15 is 0 Å². The Morgan fingerprint density at radius 3 is 2.38 bits per heavy atom. The van der Waals surface area contributed by atoms with Crippen molar-refractivity contribution in [2.75, 3.05) is 5.32 Å². The molecular formula is C19H15N3O3S. The fraction of sp³-hybridized carbons (Fsp3) is 0. The van der Waals surface area contributed by atoms with Crippen molar-refractivity contribution in [3.05, 3.63) is 83.7 Å². The number of fused-ring (bicyclic) bond motifs is 1. The van der Waals surface area contributed by atoms with Gasteiger partial charge in [-0.3, -0.25) is 4.79 Å². The van der Waals surface area contributed by atoms with Crippen molar-refractivity contribution in [3.63, 3.8) is 0 Å². The Morgan fingerprint density at radius 1 is 0.962 bits per heavy atom. The standard InChI is InChI=1S/C19H15N3O3S/c20-26(24,25)13-8-9-15-14(11-13)18(19(23)22-15)17(16-7-4-10-21-16)12-5-2-1-3-6-12/h1-11,21H,(H,22,23)(H2,20,24,25). The number of hydrogen-bond acceptors (Lipinski definition) is 3. The molecule has 0 saturated carbocycles. The summed E-state index contributed by atoms with van der Waals surface area (Å²) >= 11 is 0. The molecule has 1 aliphatic heterocycles. The highest BCUT2D eigenvalue weighted by Crippen LogP contribution is 2.40. The van der Waals surface area contributed by atoms with Gasteiger partial charge in [-0.1, -0.05) is 30.3 Å². The average molecular weight is 365 g/mol. The second kappa shape index (κ2) is 5.98. The smallest absolute Gasteiger partial charge is 0.257 e. The summed E-state index contributed by atoms with van der Waals surface area (Å²) in [5, 5.41) is 8.05. The van der Waals surface area contributed by atoms with Gasteiger partial charge in [-0.15, -0.1) is 0 Å². The van der Waals surface area contributed by atoms with Crippen LogP contribution in [0.5, 0.6) is 0 Å². The summed E-state index contributed by atoms with van der Waals surface area (Å²) < 4.78 is 23.5. The van der Waals surface area contributed by atoms with Crippen molar-refractivity contribution in [1.29, 1.82) is 0 Å². The predicted molar refractivity (Wildman–Crippen MR) is 99.6 cm³/mol. The van der Waals surface area contributed by atoms with Gasteiger partial charge in [0.15, 0.2) is 0 Å². The number of amides is 1. The minimum Gasteiger partial charge on any atom is -0.361 e. The minimum atomic E-state index is -3.88. The van der Waals surface area contributed by atoms with E-state index in [0.717, 1.165) is 11.3 Å². The van der Waals surface area contributed by atoms with Gasteiger partial charge in [0.05, 0.1) is 10.5 Å². The van der Waals surface area contributed by atoms with Gasteiger partial charge in [0.2, 0.25) is 10.0 Å². The summed E-state index contributed by atoms with van der Waals surface area (Å²) in [4.78, 5) is 15.8. The summed E-state index contributed by atoms with van der Waals surface area (Å²) in [6, 6.07) is 17.5. The van der Waals surface area contributed by atoms with E-state index in [2.05, 4.69) is 10.3 Å². The van der Waals surface area contributed by atoms with Crippen LogP contribution in [0.2, 0.25) is 0 Å². The third-order valence-electron chi connectivity index (χ3n) is 4.24. The second-order valence-electron chi connectivity index (χ2n) is 5.91. The Morgan fingerprint density at radius 2 is 1.73 bits per heavy atom. The molecular weight excluding hydrogens is 350 g/mol. The fourth-order valence-electron chi connectivity index (χ4n) is 3.10. The van der Waals surface area contributed by atoms with E-state index in [9.17, 15) is 13.2 Å². The number of rotatable bonds is 3. The van der Waals surface area contributed by atoms with Crippen molar-refractivity contribution in [2.45, 2.75) is 4.90 Å². The molecule has 4 rings (SSSR count). The molecule has 0 unspecified atom stereocenters. The third-order valence-corrected chi connectivity index (χ3v) is 5.15. The molecule has 0 atom stereocenters. The number of anilines is 1. The van der Waals surface area contributed by atoms with E-state index in [0.29, 0.717) is 22.4 Å². The van der Waals surface area contributed by atoms with Gasteiger partial charge in [0.25, 0.3) is 5.91 Å². The number of carbonyl (C=O) groups is 1. The van der Waals surface area contributed by atoms with Crippen LogP contribution in [0.3, 0.4) is 0 Å². The molecule has 130 valence electrons. The van der Waals surface area contributed by atoms with E-state index in [1.165, 1.54) is 12.1 Å². The van der Waals surface area contributed by atoms with Crippen LogP contribution in [-0.4, -0.2) is 19.3 Å². The van der Waals surface area contributed by atoms with E-state index < -0.39 is 10.0 Å². The number of sulfonamides is 1. The summed E-state index contributed by atoms with van der Waals surface area (Å²) in [6.45, 7) is 0. The van der Waals surface area contributed by atoms with E-state index in [-0.39, 0.29) is 10.8 Å². The maximum absolute atomic E-state index is 12.7. The summed E-state index contributed by atoms with van der Waals surface area (Å²) in [5.41, 5.74) is 3.76. The van der Waals surface area contributed by atoms with Gasteiger partial charge >= 0.3 is 0 Å². The lowest BCUT2D eigenvalue weighted by Crippen LogP contribution is -2.12. The van der Waals surface area contributed by atoms with Gasteiger partial charge in [0, 0.05) is 28.7 Å². The minimum absolute atomic E-state index is 0.0378. The Hall–Kier alpha value is -3.16. The van der Waals surface area contributed by atoms with Crippen LogP contribution in [-0.2, 0) is 14.8 Å². The van der Waals surface area contributed by atoms with E-state index in [4.69, 9.17) is 5.14 Å². The van der Waals surface area contributed by atoms with Crippen molar-refractivity contribution in [3.8, 4) is 0 Å². The maximum Gasteiger partial charge on any atom is 0.257 e. The van der Waals surface area contributed by atoms with Gasteiger partial charge in [-0.05, 0) is 35.9 Å². The Kier molecular flexibility index (Phi) is 3.75. The number of primary sulfonamides is 1. The molecule has 0 spiro atoms. The molecule has 0 radical (unpaired) electrons. The van der Waals surface area contributed by atoms with Gasteiger partial charge in [-0.2, -0.15) is 0 Å². The van der Waals surface area contributed by atoms with Crippen molar-refractivity contribution in [1.82, 2.24) is 4.98 Å². The summed E-state index contributed by atoms with van der Waals surface area (Å²) in [5.74, 6) is -0.292. The molecule has 2 heterocycles. The quantitative estimate of drug-likeness (QED) is 0.621. The van der Waals surface area contributed by atoms with Gasteiger partial charge < -0.3 is 10.3 Å². The Bertz CT molecular complexity index is 1130. The highest BCUT2D eigenvalue weighted by atomic mass is 32.2. The first kappa shape index (κ1) is 16.3. The number of aromatic amines is 1. The molecule has 0 saturated heterocycles. The Balaban J connectivity index is 2.05. The number of nitrogens with two attached hydrogens (primary N) is 1. The van der Waals surface area contributed by atoms with Crippen LogP contribution in [0.25, 0.3) is 11.1 Å². The number of benzene rings is 2. The first-order chi connectivity index (χ1) is 12.4. The van der Waals surface area contributed by atoms with Crippen molar-refractivity contribution in [2.24, 2.45) is 5.14 Å². The molecule has 0 fully saturated rings. The van der Waals surface area contributed by atoms with E-state index in [1.54, 1.807) is 12.3 Å². The average Bonchev–Trinajstić information content (AvgIpc) is 3.24. The maximum atomic E-state index is 12.7. The van der Waals surface area contributed by atoms with Crippen LogP contribution < -0.4 is 10.5 Å². The molecule has 2 aromatic carbocycles. The number of H-pyrrole nitrogens is 1. The SMILES string of the molecule is NS(=O)(=O)c1ccc2c(c1)C(=C(c1ccccc1)c1ccc[nH]1)C(=O)N2. The van der Waals surface area contributed by atoms with Gasteiger partial charge in [0.1, 0.15) is 0 Å². The van der Waals surface area contributed by atoms with Crippen molar-refractivity contribution >= 4 is 32.8 Å². The largest absolute Gasteiger partial charge is 0.361 e. The molecule has 0 aliphatic carbocycles. The lowest BCUT2D eigenvalue weighted by Gasteiger charge is -2.11. The normalized spacial score (nSPS) is 15.5. The highest BCUT2D eigenvalue weighted by Gasteiger charge is 2.30. The lowest BCUT2D eigenvalue weighted by molar-refractivity contribution is -0.110. The van der Waals surface area contributed by atoms with Crippen molar-refractivity contribution < 1.29 is 13.2 Å². The van der Waals surface area contributed by atoms with Crippen LogP contribution in [0.1, 0.15) is 16.8 Å². The number of nitrogens with one attached hydrogen (secondary N) is 2. The fourth-order valence-corrected chi connectivity index (χ4v) is 3.64. The zero-order valence-electron chi connectivity index (χ0n) is 13.6. The summed E-state index contributed by atoms with van der Waals surface area (Å²) in [6.07, 6.45) is 1.77. The molecule has 3 aromatic rings. The number of hydrogen-bond donors (Lipinski definition) is 3. The molecule has 6 nitrogen and oxygen atoms in total. The van der Waals surface area contributed by atoms with Crippen LogP contribution in [0.4, 0.5) is 5.69 Å². The highest BCUT2D eigenvalue weighted by molar-refractivity contribution is 7.89. The molecule has 7 heteroatoms. The zero-order valence-corrected chi connectivity index (χ0v) is 14.4. The van der Waals surface area contributed by atoms with Crippen LogP contribution in [0.15, 0.2) is 71.8 Å². The van der Waals surface area contributed by atoms with E-state index in [1.807, 2.05) is 42.5 Å². The monoisotopic (exact) mass is 365 g/mol. The molecule has 0 bridgehead atoms. The third kappa shape index (κ3) is 2.73. The zero-order chi connectivity index (χ0) is 18.3. The second-order valence-corrected chi connectivity index (χ2v) is 7.47. The molecule has 26 heavy (non-hydrogen) atoms. The lowest BCUT2D eigenvalue weighted by atomic mass is 9.93. The molecule has 4 N–H and O–H groups in total. The molecule has 1 aliphatic rings. The van der Waals surface area contributed by atoms with Crippen LogP contribution in [0, 0.1) is 0 Å². The number of carbonyl (C=O) groups excluding carboxylic acids is 1. The first-order valence-corrected chi connectivity index (χ1v) is 9.42. The Labute approximate surface area is 150 Å². The topological polar surface area (TPSA) is 105 Å². The van der Waals surface area contributed by atoms with Gasteiger partial charge in [-0.25, -0.2) is 13.6 Å². The first-order valence-electron chi connectivity index (χ1n) is 7.87. The predicted octanol–water partition coefficient (Wildman–Crippen LogP) is 2.57. The molecule has 1 aromatic heterocycles. The molecule has 1 amide bonds. The number of aromatic nitrogens is 1. The summed E-state index contributed by atoms with van der Waals surface area (Å²) in [7, 11) is -3.88. The van der Waals surface area contributed by atoms with Crippen LogP contribution >= 0.6 is 0 Å².